The first-order valence-corrected chi connectivity index (χ1v) is 4.01. The van der Waals surface area contributed by atoms with Gasteiger partial charge < -0.3 is 0 Å². The van der Waals surface area contributed by atoms with Gasteiger partial charge in [0.15, 0.2) is 11.5 Å². The summed E-state index contributed by atoms with van der Waals surface area (Å²) in [6.45, 7) is 1.36. The van der Waals surface area contributed by atoms with Crippen LogP contribution in [0.15, 0.2) is 12.2 Å². The van der Waals surface area contributed by atoms with Crippen LogP contribution in [0.3, 0.4) is 0 Å². The Hall–Kier alpha value is -0.660. The van der Waals surface area contributed by atoms with E-state index >= 15 is 0 Å². The fourth-order valence-corrected chi connectivity index (χ4v) is 2.20. The summed E-state index contributed by atoms with van der Waals surface area (Å²) >= 11 is 0. The zero-order valence-electron chi connectivity index (χ0n) is 6.51. The second-order valence-corrected chi connectivity index (χ2v) is 3.61. The lowest BCUT2D eigenvalue weighted by Gasteiger charge is -2.23. The van der Waals surface area contributed by atoms with E-state index in [4.69, 9.17) is 0 Å². The fraction of sp³-hybridized carbons (Fsp3) is 0.667. The van der Waals surface area contributed by atoms with E-state index in [9.17, 15) is 9.18 Å². The van der Waals surface area contributed by atoms with Crippen molar-refractivity contribution in [3.8, 4) is 0 Å². The minimum atomic E-state index is -1.51. The normalized spacial score (nSPS) is 46.7. The predicted octanol–water partition coefficient (Wildman–Crippen LogP) is 1.88. The molecule has 0 saturated heterocycles. The summed E-state index contributed by atoms with van der Waals surface area (Å²) in [6, 6.07) is 0. The SMILES string of the molecule is CC(=O)C1(F)CC2C=CC1C2. The molecular weight excluding hydrogens is 143 g/mol. The number of Topliss-reactive ketones (excluding diaryl/α,β-unsaturated/α-hetero) is 1. The molecule has 3 atom stereocenters. The third-order valence-electron chi connectivity index (χ3n) is 2.90. The van der Waals surface area contributed by atoms with E-state index < -0.39 is 5.67 Å². The lowest BCUT2D eigenvalue weighted by molar-refractivity contribution is -0.129. The largest absolute Gasteiger partial charge is 0.296 e. The molecule has 60 valence electrons. The van der Waals surface area contributed by atoms with Gasteiger partial charge in [-0.25, -0.2) is 4.39 Å². The summed E-state index contributed by atoms with van der Waals surface area (Å²) in [7, 11) is 0. The maximum absolute atomic E-state index is 13.7. The number of fused-ring (bicyclic) bond motifs is 2. The molecule has 2 heteroatoms. The fourth-order valence-electron chi connectivity index (χ4n) is 2.20. The minimum Gasteiger partial charge on any atom is -0.296 e. The van der Waals surface area contributed by atoms with E-state index in [1.807, 2.05) is 12.2 Å². The molecule has 1 fully saturated rings. The van der Waals surface area contributed by atoms with Crippen LogP contribution in [0.4, 0.5) is 4.39 Å². The van der Waals surface area contributed by atoms with E-state index in [2.05, 4.69) is 0 Å². The van der Waals surface area contributed by atoms with Crippen LogP contribution in [0.1, 0.15) is 19.8 Å². The Kier molecular flexibility index (Phi) is 1.23. The van der Waals surface area contributed by atoms with E-state index in [1.54, 1.807) is 0 Å². The van der Waals surface area contributed by atoms with Crippen LogP contribution in [0.5, 0.6) is 0 Å². The first kappa shape index (κ1) is 7.01. The van der Waals surface area contributed by atoms with Crippen molar-refractivity contribution in [2.24, 2.45) is 11.8 Å². The van der Waals surface area contributed by atoms with Crippen molar-refractivity contribution in [3.63, 3.8) is 0 Å². The summed E-state index contributed by atoms with van der Waals surface area (Å²) in [6.07, 6.45) is 5.15. The van der Waals surface area contributed by atoms with Crippen LogP contribution in [0, 0.1) is 11.8 Å². The van der Waals surface area contributed by atoms with Gasteiger partial charge in [0, 0.05) is 5.92 Å². The molecule has 0 aromatic heterocycles. The molecule has 0 spiro atoms. The highest BCUT2D eigenvalue weighted by molar-refractivity contribution is 5.86. The van der Waals surface area contributed by atoms with Gasteiger partial charge >= 0.3 is 0 Å². The Labute approximate surface area is 65.3 Å². The minimum absolute atomic E-state index is 0.120. The third-order valence-corrected chi connectivity index (χ3v) is 2.90. The first-order chi connectivity index (χ1) is 5.13. The van der Waals surface area contributed by atoms with Gasteiger partial charge in [-0.2, -0.15) is 0 Å². The molecule has 0 aromatic carbocycles. The van der Waals surface area contributed by atoms with Crippen LogP contribution in [-0.4, -0.2) is 11.5 Å². The maximum atomic E-state index is 13.7. The summed E-state index contributed by atoms with van der Waals surface area (Å²) in [5.74, 6) is -0.0896. The van der Waals surface area contributed by atoms with Crippen LogP contribution >= 0.6 is 0 Å². The molecule has 2 aliphatic carbocycles. The molecule has 2 bridgehead atoms. The van der Waals surface area contributed by atoms with Crippen LogP contribution in [0.25, 0.3) is 0 Å². The maximum Gasteiger partial charge on any atom is 0.175 e. The van der Waals surface area contributed by atoms with Gasteiger partial charge in [0.05, 0.1) is 0 Å². The second-order valence-electron chi connectivity index (χ2n) is 3.61. The van der Waals surface area contributed by atoms with Gasteiger partial charge in [0.2, 0.25) is 0 Å². The van der Waals surface area contributed by atoms with Crippen LogP contribution in [-0.2, 0) is 4.79 Å². The molecule has 0 N–H and O–H groups in total. The van der Waals surface area contributed by atoms with E-state index in [1.165, 1.54) is 6.92 Å². The average Bonchev–Trinajstić information content (AvgIpc) is 2.45. The summed E-state index contributed by atoms with van der Waals surface area (Å²) in [5, 5.41) is 0. The monoisotopic (exact) mass is 154 g/mol. The Morgan fingerprint density at radius 2 is 2.36 bits per heavy atom. The zero-order valence-corrected chi connectivity index (χ0v) is 6.51. The molecule has 1 saturated carbocycles. The summed E-state index contributed by atoms with van der Waals surface area (Å²) < 4.78 is 13.7. The molecule has 11 heavy (non-hydrogen) atoms. The number of ketones is 1. The van der Waals surface area contributed by atoms with E-state index in [0.29, 0.717) is 12.3 Å². The lowest BCUT2D eigenvalue weighted by Crippen LogP contribution is -2.35. The number of hydrogen-bond donors (Lipinski definition) is 0. The average molecular weight is 154 g/mol. The number of rotatable bonds is 1. The van der Waals surface area contributed by atoms with Crippen LogP contribution < -0.4 is 0 Å². The highest BCUT2D eigenvalue weighted by Gasteiger charge is 2.52. The molecular formula is C9H11FO. The number of allylic oxidation sites excluding steroid dienone is 2. The Bertz CT molecular complexity index is 234. The topological polar surface area (TPSA) is 17.1 Å². The number of carbonyl (C=O) groups is 1. The molecule has 0 aliphatic heterocycles. The van der Waals surface area contributed by atoms with Crippen molar-refractivity contribution in [2.75, 3.05) is 0 Å². The number of halogens is 1. The first-order valence-electron chi connectivity index (χ1n) is 4.01. The number of carbonyl (C=O) groups excluding carboxylic acids is 1. The van der Waals surface area contributed by atoms with Crippen molar-refractivity contribution < 1.29 is 9.18 Å². The molecule has 2 aliphatic rings. The van der Waals surface area contributed by atoms with Gasteiger partial charge in [0.1, 0.15) is 0 Å². The molecule has 1 nitrogen and oxygen atoms in total. The third kappa shape index (κ3) is 0.784. The smallest absolute Gasteiger partial charge is 0.175 e. The second kappa shape index (κ2) is 1.93. The highest BCUT2D eigenvalue weighted by atomic mass is 19.1. The van der Waals surface area contributed by atoms with Crippen molar-refractivity contribution >= 4 is 5.78 Å². The highest BCUT2D eigenvalue weighted by Crippen LogP contribution is 2.48. The molecule has 0 radical (unpaired) electrons. The van der Waals surface area contributed by atoms with E-state index in [-0.39, 0.29) is 11.7 Å². The molecule has 0 aromatic rings. The number of hydrogen-bond acceptors (Lipinski definition) is 1. The quantitative estimate of drug-likeness (QED) is 0.527. The van der Waals surface area contributed by atoms with Crippen LogP contribution in [0.2, 0.25) is 0 Å². The zero-order chi connectivity index (χ0) is 8.06. The Balaban J connectivity index is 2.30. The van der Waals surface area contributed by atoms with Gasteiger partial charge in [0.25, 0.3) is 0 Å². The standard InChI is InChI=1S/C9H11FO/c1-6(11)9(10)5-7-2-3-8(9)4-7/h2-3,7-8H,4-5H2,1H3. The van der Waals surface area contributed by atoms with Gasteiger partial charge in [-0.3, -0.25) is 4.79 Å². The predicted molar refractivity (Wildman–Crippen MR) is 39.9 cm³/mol. The summed E-state index contributed by atoms with van der Waals surface area (Å²) in [5.41, 5.74) is -1.51. The summed E-state index contributed by atoms with van der Waals surface area (Å²) in [4.78, 5) is 10.9. The van der Waals surface area contributed by atoms with Crippen molar-refractivity contribution in [1.29, 1.82) is 0 Å². The van der Waals surface area contributed by atoms with Crippen molar-refractivity contribution in [2.45, 2.75) is 25.4 Å². The molecule has 2 rings (SSSR count). The van der Waals surface area contributed by atoms with Crippen molar-refractivity contribution in [3.05, 3.63) is 12.2 Å². The number of alkyl halides is 1. The van der Waals surface area contributed by atoms with E-state index in [0.717, 1.165) is 6.42 Å². The van der Waals surface area contributed by atoms with Crippen molar-refractivity contribution in [1.82, 2.24) is 0 Å². The van der Waals surface area contributed by atoms with Gasteiger partial charge in [-0.05, 0) is 25.7 Å². The molecule has 3 unspecified atom stereocenters. The lowest BCUT2D eigenvalue weighted by atomic mass is 9.87. The Morgan fingerprint density at radius 1 is 1.64 bits per heavy atom. The molecule has 0 heterocycles. The van der Waals surface area contributed by atoms with Gasteiger partial charge in [-0.1, -0.05) is 12.2 Å². The Morgan fingerprint density at radius 3 is 2.64 bits per heavy atom. The molecule has 0 amide bonds. The van der Waals surface area contributed by atoms with Gasteiger partial charge in [-0.15, -0.1) is 0 Å².